The van der Waals surface area contributed by atoms with Crippen LogP contribution in [0.4, 0.5) is 0 Å². The Bertz CT molecular complexity index is 326. The van der Waals surface area contributed by atoms with Crippen LogP contribution in [0.2, 0.25) is 0 Å². The van der Waals surface area contributed by atoms with Crippen molar-refractivity contribution < 1.29 is 0 Å². The molecule has 1 heterocycles. The van der Waals surface area contributed by atoms with Crippen molar-refractivity contribution in [2.24, 2.45) is 29.6 Å². The van der Waals surface area contributed by atoms with Gasteiger partial charge < -0.3 is 5.32 Å². The Morgan fingerprint density at radius 1 is 1.11 bits per heavy atom. The Morgan fingerprint density at radius 2 is 1.84 bits per heavy atom. The first-order valence-electron chi connectivity index (χ1n) is 8.75. The van der Waals surface area contributed by atoms with Gasteiger partial charge in [-0.2, -0.15) is 0 Å². The Hall–Kier alpha value is -0.0800. The first-order chi connectivity index (χ1) is 9.28. The first-order valence-corrected chi connectivity index (χ1v) is 8.75. The second-order valence-electron chi connectivity index (χ2n) is 7.88. The molecule has 1 aliphatic heterocycles. The largest absolute Gasteiger partial charge is 0.314 e. The second-order valence-corrected chi connectivity index (χ2v) is 7.88. The molecule has 1 saturated heterocycles. The summed E-state index contributed by atoms with van der Waals surface area (Å²) < 4.78 is 0. The van der Waals surface area contributed by atoms with E-state index in [4.69, 9.17) is 0 Å². The summed E-state index contributed by atoms with van der Waals surface area (Å²) in [6.07, 6.45) is 7.38. The number of fused-ring (bicyclic) bond motifs is 5. The minimum atomic E-state index is 0.764. The van der Waals surface area contributed by atoms with Gasteiger partial charge in [0, 0.05) is 18.6 Å². The van der Waals surface area contributed by atoms with Crippen molar-refractivity contribution in [2.45, 2.75) is 58.0 Å². The van der Waals surface area contributed by atoms with Gasteiger partial charge in [0.15, 0.2) is 0 Å². The molecule has 6 unspecified atom stereocenters. The lowest BCUT2D eigenvalue weighted by Gasteiger charge is -2.33. The predicted molar refractivity (Wildman–Crippen MR) is 79.0 cm³/mol. The third-order valence-corrected chi connectivity index (χ3v) is 6.68. The Labute approximate surface area is 118 Å². The summed E-state index contributed by atoms with van der Waals surface area (Å²) in [5.74, 6) is 5.33. The van der Waals surface area contributed by atoms with E-state index in [0.717, 1.165) is 41.7 Å². The van der Waals surface area contributed by atoms with E-state index in [2.05, 4.69) is 24.1 Å². The third kappa shape index (κ3) is 2.06. The van der Waals surface area contributed by atoms with Crippen molar-refractivity contribution in [2.75, 3.05) is 19.6 Å². The second kappa shape index (κ2) is 4.73. The average Bonchev–Trinajstić information content (AvgIpc) is 2.82. The molecule has 4 fully saturated rings. The van der Waals surface area contributed by atoms with Crippen LogP contribution in [0, 0.1) is 29.6 Å². The fourth-order valence-electron chi connectivity index (χ4n) is 5.73. The first kappa shape index (κ1) is 12.6. The zero-order valence-electron chi connectivity index (χ0n) is 12.6. The highest BCUT2D eigenvalue weighted by Crippen LogP contribution is 2.67. The normalized spacial score (nSPS) is 53.7. The zero-order valence-corrected chi connectivity index (χ0v) is 12.6. The molecular weight excluding hydrogens is 232 g/mol. The van der Waals surface area contributed by atoms with E-state index >= 15 is 0 Å². The topological polar surface area (TPSA) is 15.3 Å². The van der Waals surface area contributed by atoms with E-state index in [9.17, 15) is 0 Å². The van der Waals surface area contributed by atoms with Crippen LogP contribution in [0.3, 0.4) is 0 Å². The van der Waals surface area contributed by atoms with Crippen molar-refractivity contribution >= 4 is 0 Å². The molecule has 0 amide bonds. The van der Waals surface area contributed by atoms with Crippen LogP contribution in [-0.2, 0) is 0 Å². The molecule has 3 saturated carbocycles. The Balaban J connectivity index is 1.43. The van der Waals surface area contributed by atoms with Gasteiger partial charge in [-0.15, -0.1) is 0 Å². The molecule has 108 valence electrons. The van der Waals surface area contributed by atoms with E-state index in [1.54, 1.807) is 19.3 Å². The molecule has 4 rings (SSSR count). The van der Waals surface area contributed by atoms with Crippen molar-refractivity contribution in [1.29, 1.82) is 0 Å². The number of nitrogens with zero attached hydrogens (tertiary/aromatic N) is 1. The maximum atomic E-state index is 3.75. The van der Waals surface area contributed by atoms with E-state index < -0.39 is 0 Å². The summed E-state index contributed by atoms with van der Waals surface area (Å²) in [7, 11) is 0. The van der Waals surface area contributed by atoms with Crippen molar-refractivity contribution in [3.8, 4) is 0 Å². The third-order valence-electron chi connectivity index (χ3n) is 6.68. The van der Waals surface area contributed by atoms with Crippen LogP contribution in [-0.4, -0.2) is 36.6 Å². The standard InChI is InChI=1S/C17H30N2/c1-3-14-6-7-19(10-11(2)9-18-14)17-15-12-4-5-13(8-12)16(15)17/h11-18H,3-10H2,1-2H3. The average molecular weight is 262 g/mol. The van der Waals surface area contributed by atoms with Gasteiger partial charge in [0.05, 0.1) is 0 Å². The van der Waals surface area contributed by atoms with E-state index in [0.29, 0.717) is 0 Å². The molecule has 0 aromatic rings. The number of hydrogen-bond donors (Lipinski definition) is 1. The van der Waals surface area contributed by atoms with Gasteiger partial charge in [0.2, 0.25) is 0 Å². The predicted octanol–water partition coefficient (Wildman–Crippen LogP) is 2.74. The highest BCUT2D eigenvalue weighted by molar-refractivity contribution is 5.17. The van der Waals surface area contributed by atoms with Crippen LogP contribution in [0.25, 0.3) is 0 Å². The van der Waals surface area contributed by atoms with Gasteiger partial charge in [0.1, 0.15) is 0 Å². The van der Waals surface area contributed by atoms with Crippen LogP contribution in [0.1, 0.15) is 46.0 Å². The number of nitrogens with one attached hydrogen (secondary N) is 1. The summed E-state index contributed by atoms with van der Waals surface area (Å²) in [6.45, 7) is 8.70. The fraction of sp³-hybridized carbons (Fsp3) is 1.00. The van der Waals surface area contributed by atoms with Gasteiger partial charge in [-0.05, 0) is 74.8 Å². The molecule has 3 aliphatic carbocycles. The zero-order chi connectivity index (χ0) is 13.0. The molecule has 6 atom stereocenters. The van der Waals surface area contributed by atoms with Crippen LogP contribution in [0.15, 0.2) is 0 Å². The number of hydrogen-bond acceptors (Lipinski definition) is 2. The molecule has 0 aromatic carbocycles. The lowest BCUT2D eigenvalue weighted by atomic mass is 10.0. The van der Waals surface area contributed by atoms with E-state index in [-0.39, 0.29) is 0 Å². The van der Waals surface area contributed by atoms with Crippen molar-refractivity contribution in [3.63, 3.8) is 0 Å². The SMILES string of the molecule is CCC1CCN(C2C3C4CCC(C4)C32)CC(C)CN1. The van der Waals surface area contributed by atoms with Gasteiger partial charge in [-0.3, -0.25) is 4.90 Å². The Kier molecular flexibility index (Phi) is 3.15. The van der Waals surface area contributed by atoms with Crippen molar-refractivity contribution in [1.82, 2.24) is 10.2 Å². The van der Waals surface area contributed by atoms with E-state index in [1.165, 1.54) is 32.5 Å². The van der Waals surface area contributed by atoms with Crippen LogP contribution >= 0.6 is 0 Å². The van der Waals surface area contributed by atoms with Gasteiger partial charge in [-0.1, -0.05) is 13.8 Å². The number of rotatable bonds is 2. The molecule has 0 radical (unpaired) electrons. The van der Waals surface area contributed by atoms with Gasteiger partial charge in [0.25, 0.3) is 0 Å². The maximum absolute atomic E-state index is 3.75. The highest BCUT2D eigenvalue weighted by Gasteiger charge is 2.66. The summed E-state index contributed by atoms with van der Waals surface area (Å²) in [5.41, 5.74) is 0. The van der Waals surface area contributed by atoms with Crippen LogP contribution < -0.4 is 5.32 Å². The summed E-state index contributed by atoms with van der Waals surface area (Å²) in [6, 6.07) is 1.77. The summed E-state index contributed by atoms with van der Waals surface area (Å²) in [4.78, 5) is 2.91. The molecule has 4 aliphatic rings. The lowest BCUT2D eigenvalue weighted by Crippen LogP contribution is -2.45. The van der Waals surface area contributed by atoms with E-state index in [1.807, 2.05) is 0 Å². The molecule has 19 heavy (non-hydrogen) atoms. The lowest BCUT2D eigenvalue weighted by molar-refractivity contribution is 0.163. The minimum absolute atomic E-state index is 0.764. The minimum Gasteiger partial charge on any atom is -0.314 e. The van der Waals surface area contributed by atoms with Gasteiger partial charge >= 0.3 is 0 Å². The molecule has 2 nitrogen and oxygen atoms in total. The highest BCUT2D eigenvalue weighted by atomic mass is 15.2. The summed E-state index contributed by atoms with van der Waals surface area (Å²) in [5, 5.41) is 3.75. The molecule has 1 N–H and O–H groups in total. The molecular formula is C17H30N2. The Morgan fingerprint density at radius 3 is 2.53 bits per heavy atom. The monoisotopic (exact) mass is 262 g/mol. The fourth-order valence-corrected chi connectivity index (χ4v) is 5.73. The molecule has 2 bridgehead atoms. The van der Waals surface area contributed by atoms with Crippen LogP contribution in [0.5, 0.6) is 0 Å². The summed E-state index contributed by atoms with van der Waals surface area (Å²) >= 11 is 0. The van der Waals surface area contributed by atoms with Gasteiger partial charge in [-0.25, -0.2) is 0 Å². The van der Waals surface area contributed by atoms with Crippen molar-refractivity contribution in [3.05, 3.63) is 0 Å². The molecule has 0 spiro atoms. The quantitative estimate of drug-likeness (QED) is 0.823. The smallest absolute Gasteiger partial charge is 0.0164 e. The maximum Gasteiger partial charge on any atom is 0.0164 e. The molecule has 0 aromatic heterocycles. The molecule has 2 heteroatoms.